The molecule has 7 heteroatoms. The summed E-state index contributed by atoms with van der Waals surface area (Å²) < 4.78 is 0. The van der Waals surface area contributed by atoms with Gasteiger partial charge < -0.3 is 16.0 Å². The summed E-state index contributed by atoms with van der Waals surface area (Å²) in [5, 5.41) is 9.66. The van der Waals surface area contributed by atoms with Gasteiger partial charge in [-0.1, -0.05) is 47.0 Å². The number of amides is 2. The third kappa shape index (κ3) is 6.23. The van der Waals surface area contributed by atoms with Crippen molar-refractivity contribution in [3.05, 3.63) is 62.6 Å². The molecule has 0 aliphatic heterocycles. The van der Waals surface area contributed by atoms with Crippen molar-refractivity contribution in [1.82, 2.24) is 10.6 Å². The average Bonchev–Trinajstić information content (AvgIpc) is 2.61. The summed E-state index contributed by atoms with van der Waals surface area (Å²) in [7, 11) is 0. The Morgan fingerprint density at radius 2 is 1.61 bits per heavy atom. The maximum absolute atomic E-state index is 12.2. The van der Waals surface area contributed by atoms with Gasteiger partial charge in [0.1, 0.15) is 0 Å². The van der Waals surface area contributed by atoms with E-state index in [1.807, 2.05) is 45.9 Å². The number of hydrogen-bond acceptors (Lipinski definition) is 3. The Bertz CT molecular complexity index is 861. The number of carbonyl (C=O) groups excluding carboxylic acids is 2. The molecule has 28 heavy (non-hydrogen) atoms. The monoisotopic (exact) mass is 421 g/mol. The number of carbonyl (C=O) groups is 2. The van der Waals surface area contributed by atoms with Crippen LogP contribution in [0.4, 0.5) is 5.69 Å². The molecule has 5 nitrogen and oxygen atoms in total. The first-order valence-electron chi connectivity index (χ1n) is 9.00. The van der Waals surface area contributed by atoms with E-state index in [2.05, 4.69) is 16.0 Å². The molecule has 0 aliphatic carbocycles. The van der Waals surface area contributed by atoms with Crippen LogP contribution in [-0.2, 0) is 9.59 Å². The molecule has 0 aromatic heterocycles. The number of rotatable bonds is 7. The molecular weight excluding hydrogens is 397 g/mol. The van der Waals surface area contributed by atoms with Crippen LogP contribution in [0.1, 0.15) is 35.2 Å². The lowest BCUT2D eigenvalue weighted by atomic mass is 10.1. The topological polar surface area (TPSA) is 70.2 Å². The quantitative estimate of drug-likeness (QED) is 0.622. The van der Waals surface area contributed by atoms with Crippen LogP contribution in [0, 0.1) is 20.8 Å². The summed E-state index contributed by atoms with van der Waals surface area (Å²) in [5.74, 6) is -0.540. The fraction of sp³-hybridized carbons (Fsp3) is 0.333. The fourth-order valence-corrected chi connectivity index (χ4v) is 3.58. The molecule has 0 aliphatic rings. The molecule has 2 aromatic carbocycles. The standard InChI is InChI=1S/C21H25Cl2N3O2/c1-12-7-13(2)21(14(3)8-12)26-20(28)11-25-19(27)10-24-15(4)17-6-5-16(22)9-18(17)23/h5-9,15,24H,10-11H2,1-4H3,(H,25,27)(H,26,28). The van der Waals surface area contributed by atoms with E-state index in [1.54, 1.807) is 12.1 Å². The molecule has 0 spiro atoms. The van der Waals surface area contributed by atoms with E-state index < -0.39 is 0 Å². The van der Waals surface area contributed by atoms with E-state index in [-0.39, 0.29) is 30.9 Å². The summed E-state index contributed by atoms with van der Waals surface area (Å²) in [4.78, 5) is 24.2. The second-order valence-electron chi connectivity index (χ2n) is 6.87. The van der Waals surface area contributed by atoms with Crippen LogP contribution >= 0.6 is 23.2 Å². The summed E-state index contributed by atoms with van der Waals surface area (Å²) in [5.41, 5.74) is 4.76. The highest BCUT2D eigenvalue weighted by molar-refractivity contribution is 6.35. The maximum atomic E-state index is 12.2. The molecule has 1 unspecified atom stereocenters. The number of aryl methyl sites for hydroxylation is 3. The van der Waals surface area contributed by atoms with Crippen LogP contribution in [0.15, 0.2) is 30.3 Å². The van der Waals surface area contributed by atoms with Gasteiger partial charge in [-0.25, -0.2) is 0 Å². The minimum Gasteiger partial charge on any atom is -0.346 e. The Labute approximate surface area is 175 Å². The lowest BCUT2D eigenvalue weighted by molar-refractivity contribution is -0.123. The third-order valence-electron chi connectivity index (χ3n) is 4.39. The van der Waals surface area contributed by atoms with Crippen LogP contribution in [0.25, 0.3) is 0 Å². The van der Waals surface area contributed by atoms with Crippen LogP contribution < -0.4 is 16.0 Å². The molecule has 2 aromatic rings. The molecule has 0 saturated heterocycles. The average molecular weight is 422 g/mol. The number of anilines is 1. The fourth-order valence-electron chi connectivity index (χ4n) is 3.01. The van der Waals surface area contributed by atoms with E-state index in [1.165, 1.54) is 0 Å². The predicted octanol–water partition coefficient (Wildman–Crippen LogP) is 4.32. The maximum Gasteiger partial charge on any atom is 0.243 e. The summed E-state index contributed by atoms with van der Waals surface area (Å²) in [6.07, 6.45) is 0. The molecule has 1 atom stereocenters. The molecule has 3 N–H and O–H groups in total. The highest BCUT2D eigenvalue weighted by atomic mass is 35.5. The highest BCUT2D eigenvalue weighted by Gasteiger charge is 2.13. The molecule has 150 valence electrons. The van der Waals surface area contributed by atoms with E-state index >= 15 is 0 Å². The largest absolute Gasteiger partial charge is 0.346 e. The zero-order valence-electron chi connectivity index (χ0n) is 16.5. The number of halogens is 2. The van der Waals surface area contributed by atoms with Crippen LogP contribution in [-0.4, -0.2) is 24.9 Å². The van der Waals surface area contributed by atoms with E-state index in [4.69, 9.17) is 23.2 Å². The Balaban J connectivity index is 1.81. The zero-order chi connectivity index (χ0) is 20.8. The lowest BCUT2D eigenvalue weighted by Gasteiger charge is -2.16. The first-order valence-corrected chi connectivity index (χ1v) is 9.75. The molecule has 0 heterocycles. The van der Waals surface area contributed by atoms with Crippen LogP contribution in [0.2, 0.25) is 10.0 Å². The first kappa shape index (κ1) is 22.2. The summed E-state index contributed by atoms with van der Waals surface area (Å²) >= 11 is 12.1. The number of nitrogens with one attached hydrogen (secondary N) is 3. The van der Waals surface area contributed by atoms with Gasteiger partial charge in [0.2, 0.25) is 11.8 Å². The Morgan fingerprint density at radius 3 is 2.21 bits per heavy atom. The Hall–Kier alpha value is -2.08. The predicted molar refractivity (Wildman–Crippen MR) is 115 cm³/mol. The van der Waals surface area contributed by atoms with Crippen molar-refractivity contribution in [3.63, 3.8) is 0 Å². The van der Waals surface area contributed by atoms with Crippen LogP contribution in [0.5, 0.6) is 0 Å². The second kappa shape index (κ2) is 9.92. The molecule has 2 rings (SSSR count). The molecule has 0 radical (unpaired) electrons. The summed E-state index contributed by atoms with van der Waals surface area (Å²) in [6.45, 7) is 7.78. The third-order valence-corrected chi connectivity index (χ3v) is 4.95. The second-order valence-corrected chi connectivity index (χ2v) is 7.71. The Morgan fingerprint density at radius 1 is 0.964 bits per heavy atom. The minimum absolute atomic E-state index is 0.0655. The van der Waals surface area contributed by atoms with Crippen molar-refractivity contribution in [3.8, 4) is 0 Å². The smallest absolute Gasteiger partial charge is 0.243 e. The molecule has 2 amide bonds. The SMILES string of the molecule is Cc1cc(C)c(NC(=O)CNC(=O)CNC(C)c2ccc(Cl)cc2Cl)c(C)c1. The van der Waals surface area contributed by atoms with Crippen molar-refractivity contribution >= 4 is 40.7 Å². The van der Waals surface area contributed by atoms with Crippen molar-refractivity contribution in [2.24, 2.45) is 0 Å². The van der Waals surface area contributed by atoms with Crippen molar-refractivity contribution in [2.75, 3.05) is 18.4 Å². The highest BCUT2D eigenvalue weighted by Crippen LogP contribution is 2.26. The minimum atomic E-state index is -0.274. The van der Waals surface area contributed by atoms with E-state index in [9.17, 15) is 9.59 Å². The molecule has 0 fully saturated rings. The zero-order valence-corrected chi connectivity index (χ0v) is 18.0. The lowest BCUT2D eigenvalue weighted by Crippen LogP contribution is -2.39. The number of benzene rings is 2. The van der Waals surface area contributed by atoms with Gasteiger partial charge in [-0.15, -0.1) is 0 Å². The molecule has 0 saturated carbocycles. The van der Waals surface area contributed by atoms with Gasteiger partial charge in [0.25, 0.3) is 0 Å². The van der Waals surface area contributed by atoms with Gasteiger partial charge >= 0.3 is 0 Å². The van der Waals surface area contributed by atoms with Crippen molar-refractivity contribution < 1.29 is 9.59 Å². The van der Waals surface area contributed by atoms with E-state index in [0.29, 0.717) is 10.0 Å². The van der Waals surface area contributed by atoms with E-state index in [0.717, 1.165) is 27.9 Å². The van der Waals surface area contributed by atoms with Crippen molar-refractivity contribution in [1.29, 1.82) is 0 Å². The van der Waals surface area contributed by atoms with Crippen molar-refractivity contribution in [2.45, 2.75) is 33.7 Å². The van der Waals surface area contributed by atoms with Gasteiger partial charge in [-0.2, -0.15) is 0 Å². The number of hydrogen-bond donors (Lipinski definition) is 3. The van der Waals surface area contributed by atoms with Gasteiger partial charge in [0, 0.05) is 21.8 Å². The Kier molecular flexibility index (Phi) is 7.87. The molecule has 0 bridgehead atoms. The van der Waals surface area contributed by atoms with Gasteiger partial charge in [0.05, 0.1) is 13.1 Å². The van der Waals surface area contributed by atoms with Gasteiger partial charge in [-0.3, -0.25) is 9.59 Å². The summed E-state index contributed by atoms with van der Waals surface area (Å²) in [6, 6.07) is 9.11. The van der Waals surface area contributed by atoms with Gasteiger partial charge in [-0.05, 0) is 56.5 Å². The van der Waals surface area contributed by atoms with Crippen LogP contribution in [0.3, 0.4) is 0 Å². The molecular formula is C21H25Cl2N3O2. The first-order chi connectivity index (χ1) is 13.2. The van der Waals surface area contributed by atoms with Gasteiger partial charge in [0.15, 0.2) is 0 Å². The normalized spacial score (nSPS) is 11.8.